The molecule has 4 rings (SSSR count). The molecule has 0 spiro atoms. The molecule has 1 heterocycles. The van der Waals surface area contributed by atoms with Crippen LogP contribution >= 0.6 is 12.2 Å². The lowest BCUT2D eigenvalue weighted by molar-refractivity contribution is 0.355. The summed E-state index contributed by atoms with van der Waals surface area (Å²) in [6.45, 7) is 6.49. The van der Waals surface area contributed by atoms with Crippen molar-refractivity contribution in [1.29, 1.82) is 0 Å². The first-order valence-corrected chi connectivity index (χ1v) is 12.4. The zero-order valence-corrected chi connectivity index (χ0v) is 22.1. The fraction of sp³-hybridized carbons (Fsp3) is 0.233. The van der Waals surface area contributed by atoms with Crippen LogP contribution in [0.25, 0.3) is 0 Å². The summed E-state index contributed by atoms with van der Waals surface area (Å²) >= 11 is 5.91. The first-order chi connectivity index (χ1) is 17.5. The Balaban J connectivity index is 1.57. The SMILES string of the molecule is COc1ccc(NC(=S)N(Cc2ccccc2)Cc2cccn2Cc2ccc(C)cc2C)cc1OC. The number of aromatic nitrogens is 1. The van der Waals surface area contributed by atoms with Crippen LogP contribution in [0.1, 0.15) is 27.9 Å². The van der Waals surface area contributed by atoms with E-state index < -0.39 is 0 Å². The molecule has 5 nitrogen and oxygen atoms in total. The summed E-state index contributed by atoms with van der Waals surface area (Å²) in [7, 11) is 3.26. The standard InChI is InChI=1S/C30H33N3O2S/c1-22-12-13-25(23(2)17-22)20-32-16-8-11-27(32)21-33(19-24-9-6-5-7-10-24)30(36)31-26-14-15-28(34-3)29(18-26)35-4/h5-18H,19-21H2,1-4H3,(H,31,36). The lowest BCUT2D eigenvalue weighted by Crippen LogP contribution is -2.34. The third-order valence-electron chi connectivity index (χ3n) is 6.25. The fourth-order valence-corrected chi connectivity index (χ4v) is 4.52. The lowest BCUT2D eigenvalue weighted by Gasteiger charge is -2.27. The molecular formula is C30H33N3O2S. The molecule has 0 unspecified atom stereocenters. The van der Waals surface area contributed by atoms with Gasteiger partial charge in [-0.25, -0.2) is 0 Å². The Labute approximate surface area is 219 Å². The van der Waals surface area contributed by atoms with Gasteiger partial charge in [0.25, 0.3) is 0 Å². The highest BCUT2D eigenvalue weighted by atomic mass is 32.1. The zero-order chi connectivity index (χ0) is 25.5. The molecule has 3 aromatic carbocycles. The van der Waals surface area contributed by atoms with Gasteiger partial charge in [-0.15, -0.1) is 0 Å². The van der Waals surface area contributed by atoms with E-state index in [0.717, 1.165) is 12.2 Å². The van der Waals surface area contributed by atoms with Crippen LogP contribution < -0.4 is 14.8 Å². The van der Waals surface area contributed by atoms with Crippen molar-refractivity contribution in [2.45, 2.75) is 33.5 Å². The van der Waals surface area contributed by atoms with Crippen molar-refractivity contribution in [2.75, 3.05) is 19.5 Å². The smallest absolute Gasteiger partial charge is 0.174 e. The molecule has 1 aromatic heterocycles. The molecular weight excluding hydrogens is 466 g/mol. The Bertz CT molecular complexity index is 1320. The van der Waals surface area contributed by atoms with E-state index in [1.165, 1.54) is 27.9 Å². The minimum absolute atomic E-state index is 0.644. The highest BCUT2D eigenvalue weighted by Crippen LogP contribution is 2.30. The molecule has 186 valence electrons. The summed E-state index contributed by atoms with van der Waals surface area (Å²) in [5.74, 6) is 1.33. The van der Waals surface area contributed by atoms with Crippen molar-refractivity contribution in [3.8, 4) is 11.5 Å². The van der Waals surface area contributed by atoms with Crippen molar-refractivity contribution < 1.29 is 9.47 Å². The van der Waals surface area contributed by atoms with Gasteiger partial charge in [0.1, 0.15) is 0 Å². The summed E-state index contributed by atoms with van der Waals surface area (Å²) < 4.78 is 13.1. The number of ether oxygens (including phenoxy) is 2. The lowest BCUT2D eigenvalue weighted by atomic mass is 10.1. The summed E-state index contributed by atoms with van der Waals surface area (Å²) in [6, 6.07) is 27.0. The summed E-state index contributed by atoms with van der Waals surface area (Å²) in [6.07, 6.45) is 2.14. The van der Waals surface area contributed by atoms with Crippen LogP contribution in [0.15, 0.2) is 85.1 Å². The van der Waals surface area contributed by atoms with Crippen LogP contribution in [0.2, 0.25) is 0 Å². The van der Waals surface area contributed by atoms with Gasteiger partial charge in [0.15, 0.2) is 16.6 Å². The molecule has 0 bridgehead atoms. The predicted octanol–water partition coefficient (Wildman–Crippen LogP) is 6.57. The number of hydrogen-bond donors (Lipinski definition) is 1. The Morgan fingerprint density at radius 3 is 2.36 bits per heavy atom. The van der Waals surface area contributed by atoms with Gasteiger partial charge in [0.2, 0.25) is 0 Å². The molecule has 4 aromatic rings. The average molecular weight is 500 g/mol. The Morgan fingerprint density at radius 2 is 1.64 bits per heavy atom. The van der Waals surface area contributed by atoms with Gasteiger partial charge in [0, 0.05) is 36.7 Å². The molecule has 0 saturated carbocycles. The molecule has 0 saturated heterocycles. The number of anilines is 1. The number of methoxy groups -OCH3 is 2. The summed E-state index contributed by atoms with van der Waals surface area (Å²) in [5, 5.41) is 4.04. The second kappa shape index (κ2) is 11.8. The van der Waals surface area contributed by atoms with Crippen LogP contribution in [0.4, 0.5) is 5.69 Å². The van der Waals surface area contributed by atoms with Crippen molar-refractivity contribution >= 4 is 23.0 Å². The highest BCUT2D eigenvalue weighted by molar-refractivity contribution is 7.80. The van der Waals surface area contributed by atoms with Gasteiger partial charge in [0.05, 0.1) is 20.8 Å². The fourth-order valence-electron chi connectivity index (χ4n) is 4.27. The molecule has 0 aliphatic rings. The molecule has 6 heteroatoms. The van der Waals surface area contributed by atoms with E-state index in [4.69, 9.17) is 21.7 Å². The Morgan fingerprint density at radius 1 is 0.861 bits per heavy atom. The molecule has 0 fully saturated rings. The van der Waals surface area contributed by atoms with Gasteiger partial charge >= 0.3 is 0 Å². The molecule has 0 aliphatic heterocycles. The predicted molar refractivity (Wildman–Crippen MR) is 151 cm³/mol. The van der Waals surface area contributed by atoms with E-state index in [9.17, 15) is 0 Å². The van der Waals surface area contributed by atoms with E-state index >= 15 is 0 Å². The summed E-state index contributed by atoms with van der Waals surface area (Å²) in [5.41, 5.74) is 7.15. The third kappa shape index (κ3) is 6.26. The number of aryl methyl sites for hydroxylation is 2. The maximum Gasteiger partial charge on any atom is 0.174 e. The number of hydrogen-bond acceptors (Lipinski definition) is 3. The third-order valence-corrected chi connectivity index (χ3v) is 6.61. The van der Waals surface area contributed by atoms with Crippen LogP contribution in [-0.2, 0) is 19.6 Å². The topological polar surface area (TPSA) is 38.7 Å². The molecule has 0 atom stereocenters. The Hall–Kier alpha value is -3.77. The first kappa shape index (κ1) is 25.3. The molecule has 1 N–H and O–H groups in total. The van der Waals surface area contributed by atoms with Crippen LogP contribution in [0.5, 0.6) is 11.5 Å². The van der Waals surface area contributed by atoms with Gasteiger partial charge in [-0.3, -0.25) is 0 Å². The number of nitrogens with zero attached hydrogens (tertiary/aromatic N) is 2. The van der Waals surface area contributed by atoms with Crippen LogP contribution in [0, 0.1) is 13.8 Å². The van der Waals surface area contributed by atoms with E-state index in [-0.39, 0.29) is 0 Å². The van der Waals surface area contributed by atoms with E-state index in [0.29, 0.717) is 29.7 Å². The van der Waals surface area contributed by atoms with Crippen molar-refractivity contribution in [1.82, 2.24) is 9.47 Å². The second-order valence-corrected chi connectivity index (χ2v) is 9.29. The second-order valence-electron chi connectivity index (χ2n) is 8.90. The van der Waals surface area contributed by atoms with Crippen molar-refractivity contribution in [2.24, 2.45) is 0 Å². The average Bonchev–Trinajstić information content (AvgIpc) is 3.32. The van der Waals surface area contributed by atoms with E-state index in [1.807, 2.05) is 24.3 Å². The number of nitrogens with one attached hydrogen (secondary N) is 1. The number of benzene rings is 3. The minimum atomic E-state index is 0.644. The molecule has 0 radical (unpaired) electrons. The van der Waals surface area contributed by atoms with E-state index in [1.54, 1.807) is 14.2 Å². The number of thiocarbonyl (C=S) groups is 1. The monoisotopic (exact) mass is 499 g/mol. The zero-order valence-electron chi connectivity index (χ0n) is 21.3. The highest BCUT2D eigenvalue weighted by Gasteiger charge is 2.15. The quantitative estimate of drug-likeness (QED) is 0.264. The maximum absolute atomic E-state index is 5.91. The summed E-state index contributed by atoms with van der Waals surface area (Å²) in [4.78, 5) is 2.19. The molecule has 0 amide bonds. The Kier molecular flexibility index (Phi) is 8.28. The van der Waals surface area contributed by atoms with Gasteiger partial charge in [-0.1, -0.05) is 54.1 Å². The van der Waals surface area contributed by atoms with Crippen LogP contribution in [0.3, 0.4) is 0 Å². The van der Waals surface area contributed by atoms with Crippen LogP contribution in [-0.4, -0.2) is 28.8 Å². The minimum Gasteiger partial charge on any atom is -0.493 e. The van der Waals surface area contributed by atoms with Gasteiger partial charge < -0.3 is 24.3 Å². The van der Waals surface area contributed by atoms with Crippen molar-refractivity contribution in [3.63, 3.8) is 0 Å². The largest absolute Gasteiger partial charge is 0.493 e. The van der Waals surface area contributed by atoms with E-state index in [2.05, 4.69) is 89.4 Å². The molecule has 36 heavy (non-hydrogen) atoms. The van der Waals surface area contributed by atoms with Crippen molar-refractivity contribution in [3.05, 3.63) is 113 Å². The first-order valence-electron chi connectivity index (χ1n) is 12.0. The van der Waals surface area contributed by atoms with Gasteiger partial charge in [-0.2, -0.15) is 0 Å². The maximum atomic E-state index is 5.91. The normalized spacial score (nSPS) is 10.7. The molecule has 0 aliphatic carbocycles. The van der Waals surface area contributed by atoms with Gasteiger partial charge in [-0.05, 0) is 67.0 Å². The number of rotatable bonds is 9.